The van der Waals surface area contributed by atoms with Crippen molar-refractivity contribution in [2.24, 2.45) is 0 Å². The van der Waals surface area contributed by atoms with Crippen LogP contribution in [-0.4, -0.2) is 93.4 Å². The van der Waals surface area contributed by atoms with E-state index in [1.165, 1.54) is 0 Å². The van der Waals surface area contributed by atoms with Crippen LogP contribution in [0.15, 0.2) is 6.07 Å². The lowest BCUT2D eigenvalue weighted by Gasteiger charge is -2.44. The molecule has 0 radical (unpaired) electrons. The summed E-state index contributed by atoms with van der Waals surface area (Å²) in [4.78, 5) is 38.8. The van der Waals surface area contributed by atoms with Gasteiger partial charge in [-0.2, -0.15) is 4.98 Å². The summed E-state index contributed by atoms with van der Waals surface area (Å²) in [6, 6.07) is 1.65. The molecule has 3 heterocycles. The average Bonchev–Trinajstić information content (AvgIpc) is 3.11. The zero-order valence-electron chi connectivity index (χ0n) is 20.7. The molecule has 10 nitrogen and oxygen atoms in total. The van der Waals surface area contributed by atoms with Crippen molar-refractivity contribution in [1.29, 1.82) is 0 Å². The molecule has 0 aliphatic carbocycles. The van der Waals surface area contributed by atoms with Gasteiger partial charge < -0.3 is 19.5 Å². The number of hydrogen-bond donors (Lipinski definition) is 1. The van der Waals surface area contributed by atoms with Crippen LogP contribution in [0.4, 0.5) is 10.6 Å². The summed E-state index contributed by atoms with van der Waals surface area (Å²) in [5.74, 6) is -0.780. The van der Waals surface area contributed by atoms with E-state index in [0.29, 0.717) is 18.9 Å². The van der Waals surface area contributed by atoms with Gasteiger partial charge in [0.2, 0.25) is 11.7 Å². The molecule has 0 saturated carbocycles. The molecule has 1 aromatic heterocycles. The lowest BCUT2D eigenvalue weighted by atomic mass is 10.1. The zero-order chi connectivity index (χ0) is 24.5. The molecule has 1 aromatic rings. The van der Waals surface area contributed by atoms with Crippen molar-refractivity contribution in [2.75, 3.05) is 31.6 Å². The Kier molecular flexibility index (Phi) is 7.36. The van der Waals surface area contributed by atoms with Crippen molar-refractivity contribution >= 4 is 17.9 Å². The van der Waals surface area contributed by atoms with E-state index in [4.69, 9.17) is 9.47 Å². The van der Waals surface area contributed by atoms with Crippen LogP contribution in [0.2, 0.25) is 0 Å². The maximum absolute atomic E-state index is 12.7. The summed E-state index contributed by atoms with van der Waals surface area (Å²) in [7, 11) is 2.07. The van der Waals surface area contributed by atoms with Crippen molar-refractivity contribution in [2.45, 2.75) is 84.2 Å². The van der Waals surface area contributed by atoms with E-state index in [-0.39, 0.29) is 42.0 Å². The fourth-order valence-corrected chi connectivity index (χ4v) is 4.71. The number of carboxylic acid groups (broad SMARTS) is 1. The SMILES string of the molecule is C[C@H](Oc1cc(N2C[C@H](C)N(C(=O)OC(C)(C)C)[C@@H](C)C2)nc(C(=O)O)n1)[C@@H]1CCCN1C. The first-order valence-electron chi connectivity index (χ1n) is 11.6. The Morgan fingerprint density at radius 1 is 1.18 bits per heavy atom. The van der Waals surface area contributed by atoms with Crippen molar-refractivity contribution in [3.63, 3.8) is 0 Å². The topological polar surface area (TPSA) is 108 Å². The second-order valence-electron chi connectivity index (χ2n) is 10.2. The minimum absolute atomic E-state index is 0.135. The second-order valence-corrected chi connectivity index (χ2v) is 10.2. The van der Waals surface area contributed by atoms with Gasteiger partial charge in [0.15, 0.2) is 0 Å². The monoisotopic (exact) mass is 463 g/mol. The molecule has 2 saturated heterocycles. The molecule has 0 spiro atoms. The zero-order valence-corrected chi connectivity index (χ0v) is 20.7. The van der Waals surface area contributed by atoms with E-state index in [1.807, 2.05) is 46.4 Å². The van der Waals surface area contributed by atoms with E-state index < -0.39 is 11.6 Å². The number of piperazine rings is 1. The first-order valence-corrected chi connectivity index (χ1v) is 11.6. The van der Waals surface area contributed by atoms with Gasteiger partial charge in [-0.3, -0.25) is 9.80 Å². The number of rotatable bonds is 5. The molecule has 10 heteroatoms. The highest BCUT2D eigenvalue weighted by Crippen LogP contribution is 2.27. The number of carboxylic acids is 1. The van der Waals surface area contributed by atoms with Crippen LogP contribution < -0.4 is 9.64 Å². The van der Waals surface area contributed by atoms with Gasteiger partial charge in [0.05, 0.1) is 12.1 Å². The molecule has 2 aliphatic rings. The molecule has 0 unspecified atom stereocenters. The number of ether oxygens (including phenoxy) is 2. The minimum atomic E-state index is -1.21. The largest absolute Gasteiger partial charge is 0.475 e. The summed E-state index contributed by atoms with van der Waals surface area (Å²) in [6.45, 7) is 13.4. The van der Waals surface area contributed by atoms with Gasteiger partial charge in [-0.1, -0.05) is 0 Å². The van der Waals surface area contributed by atoms with Crippen molar-refractivity contribution in [3.05, 3.63) is 11.9 Å². The maximum Gasteiger partial charge on any atom is 0.410 e. The molecular formula is C23H37N5O5. The summed E-state index contributed by atoms with van der Waals surface area (Å²) in [6.07, 6.45) is 1.66. The van der Waals surface area contributed by atoms with Crippen LogP contribution in [0.3, 0.4) is 0 Å². The van der Waals surface area contributed by atoms with Gasteiger partial charge in [-0.05, 0) is 68.0 Å². The predicted molar refractivity (Wildman–Crippen MR) is 124 cm³/mol. The fraction of sp³-hybridized carbons (Fsp3) is 0.739. The van der Waals surface area contributed by atoms with Gasteiger partial charge in [-0.25, -0.2) is 14.6 Å². The standard InChI is InChI=1S/C23H37N5O5/c1-14-12-27(13-15(2)28(14)22(31)33-23(4,5)6)18-11-19(25-20(24-18)21(29)30)32-16(3)17-9-8-10-26(17)7/h11,14-17H,8-10,12-13H2,1-7H3,(H,29,30)/t14-,15-,16-,17-/m0/s1. The van der Waals surface area contributed by atoms with E-state index in [2.05, 4.69) is 21.9 Å². The molecular weight excluding hydrogens is 426 g/mol. The Balaban J connectivity index is 1.79. The number of hydrogen-bond acceptors (Lipinski definition) is 8. The van der Waals surface area contributed by atoms with E-state index >= 15 is 0 Å². The summed E-state index contributed by atoms with van der Waals surface area (Å²) in [5.41, 5.74) is -0.576. The van der Waals surface area contributed by atoms with Gasteiger partial charge >= 0.3 is 12.1 Å². The van der Waals surface area contributed by atoms with Crippen LogP contribution in [0.25, 0.3) is 0 Å². The number of nitrogens with zero attached hydrogens (tertiary/aromatic N) is 5. The molecule has 0 bridgehead atoms. The number of carbonyl (C=O) groups excluding carboxylic acids is 1. The van der Waals surface area contributed by atoms with Crippen molar-refractivity contribution < 1.29 is 24.2 Å². The summed E-state index contributed by atoms with van der Waals surface area (Å²) < 4.78 is 11.7. The molecule has 2 aliphatic heterocycles. The first-order chi connectivity index (χ1) is 15.4. The van der Waals surface area contributed by atoms with Crippen LogP contribution in [-0.2, 0) is 4.74 Å². The third kappa shape index (κ3) is 6.04. The first kappa shape index (κ1) is 25.0. The molecule has 1 amide bonds. The van der Waals surface area contributed by atoms with Crippen molar-refractivity contribution in [3.8, 4) is 5.88 Å². The van der Waals surface area contributed by atoms with Crippen molar-refractivity contribution in [1.82, 2.24) is 19.8 Å². The van der Waals surface area contributed by atoms with E-state index in [0.717, 1.165) is 19.4 Å². The lowest BCUT2D eigenvalue weighted by Crippen LogP contribution is -2.59. The number of aromatic carboxylic acids is 1. The molecule has 1 N–H and O–H groups in total. The van der Waals surface area contributed by atoms with Crippen LogP contribution in [0.1, 0.15) is 65.0 Å². The maximum atomic E-state index is 12.7. The Morgan fingerprint density at radius 3 is 2.33 bits per heavy atom. The molecule has 184 valence electrons. The normalized spacial score (nSPS) is 25.1. The van der Waals surface area contributed by atoms with E-state index in [9.17, 15) is 14.7 Å². The molecule has 33 heavy (non-hydrogen) atoms. The fourth-order valence-electron chi connectivity index (χ4n) is 4.71. The highest BCUT2D eigenvalue weighted by molar-refractivity contribution is 5.83. The Morgan fingerprint density at radius 2 is 1.82 bits per heavy atom. The third-order valence-corrected chi connectivity index (χ3v) is 6.15. The van der Waals surface area contributed by atoms with Crippen LogP contribution >= 0.6 is 0 Å². The van der Waals surface area contributed by atoms with Gasteiger partial charge in [-0.15, -0.1) is 0 Å². The lowest BCUT2D eigenvalue weighted by molar-refractivity contribution is 0.00558. The highest BCUT2D eigenvalue weighted by Gasteiger charge is 2.36. The number of likely N-dealkylation sites (N-methyl/N-ethyl adjacent to an activating group) is 1. The second kappa shape index (κ2) is 9.70. The van der Waals surface area contributed by atoms with Gasteiger partial charge in [0, 0.05) is 25.2 Å². The van der Waals surface area contributed by atoms with Crippen LogP contribution in [0, 0.1) is 0 Å². The number of amides is 1. The number of anilines is 1. The molecule has 0 aromatic carbocycles. The number of aromatic nitrogens is 2. The smallest absolute Gasteiger partial charge is 0.410 e. The Hall–Kier alpha value is -2.62. The van der Waals surface area contributed by atoms with Gasteiger partial charge in [0.1, 0.15) is 17.5 Å². The van der Waals surface area contributed by atoms with E-state index in [1.54, 1.807) is 11.0 Å². The minimum Gasteiger partial charge on any atom is -0.475 e. The van der Waals surface area contributed by atoms with Gasteiger partial charge in [0.25, 0.3) is 0 Å². The average molecular weight is 464 g/mol. The predicted octanol–water partition coefficient (Wildman–Crippen LogP) is 2.87. The summed E-state index contributed by atoms with van der Waals surface area (Å²) in [5, 5.41) is 9.57. The third-order valence-electron chi connectivity index (χ3n) is 6.15. The van der Waals surface area contributed by atoms with Crippen LogP contribution in [0.5, 0.6) is 5.88 Å². The summed E-state index contributed by atoms with van der Waals surface area (Å²) >= 11 is 0. The number of carbonyl (C=O) groups is 2. The molecule has 3 rings (SSSR count). The Bertz CT molecular complexity index is 861. The highest BCUT2D eigenvalue weighted by atomic mass is 16.6. The molecule has 4 atom stereocenters. The Labute approximate surface area is 195 Å². The number of likely N-dealkylation sites (tertiary alicyclic amines) is 1. The quantitative estimate of drug-likeness (QED) is 0.705. The molecule has 2 fully saturated rings.